The molecule has 3 rings (SSSR count). The Morgan fingerprint density at radius 2 is 1.28 bits per heavy atom. The summed E-state index contributed by atoms with van der Waals surface area (Å²) in [4.78, 5) is 23.7. The lowest BCUT2D eigenvalue weighted by Gasteiger charge is -2.07. The van der Waals surface area contributed by atoms with Crippen LogP contribution in [0.1, 0.15) is 20.7 Å². The van der Waals surface area contributed by atoms with Gasteiger partial charge in [-0.05, 0) is 47.5 Å². The minimum absolute atomic E-state index is 0.233. The molecule has 4 nitrogen and oxygen atoms in total. The number of carbonyl (C=O) groups is 2. The van der Waals surface area contributed by atoms with Gasteiger partial charge in [-0.15, -0.1) is 0 Å². The number of ether oxygens (including phenoxy) is 1. The van der Waals surface area contributed by atoms with Gasteiger partial charge in [0.1, 0.15) is 0 Å². The third kappa shape index (κ3) is 3.93. The summed E-state index contributed by atoms with van der Waals surface area (Å²) in [5.74, 6) is -0.660. The monoisotopic (exact) mass is 331 g/mol. The molecule has 4 heteroatoms. The molecule has 0 radical (unpaired) electrons. The first kappa shape index (κ1) is 16.5. The van der Waals surface area contributed by atoms with Crippen LogP contribution >= 0.6 is 0 Å². The first-order valence-electron chi connectivity index (χ1n) is 7.82. The highest BCUT2D eigenvalue weighted by atomic mass is 16.5. The highest BCUT2D eigenvalue weighted by Crippen LogP contribution is 2.21. The van der Waals surface area contributed by atoms with Gasteiger partial charge in [-0.3, -0.25) is 4.79 Å². The van der Waals surface area contributed by atoms with E-state index in [0.29, 0.717) is 16.8 Å². The van der Waals surface area contributed by atoms with Gasteiger partial charge in [0.25, 0.3) is 5.91 Å². The van der Waals surface area contributed by atoms with Gasteiger partial charge in [-0.2, -0.15) is 0 Å². The number of hydrogen-bond donors (Lipinski definition) is 1. The molecule has 0 aliphatic rings. The lowest BCUT2D eigenvalue weighted by atomic mass is 10.1. The van der Waals surface area contributed by atoms with E-state index in [0.717, 1.165) is 11.1 Å². The van der Waals surface area contributed by atoms with Crippen molar-refractivity contribution in [2.45, 2.75) is 0 Å². The normalized spacial score (nSPS) is 10.1. The van der Waals surface area contributed by atoms with E-state index in [9.17, 15) is 9.59 Å². The molecular weight excluding hydrogens is 314 g/mol. The average molecular weight is 331 g/mol. The van der Waals surface area contributed by atoms with Gasteiger partial charge in [0.15, 0.2) is 0 Å². The third-order valence-electron chi connectivity index (χ3n) is 3.82. The Bertz CT molecular complexity index is 869. The third-order valence-corrected chi connectivity index (χ3v) is 3.82. The van der Waals surface area contributed by atoms with Crippen molar-refractivity contribution in [1.82, 2.24) is 0 Å². The van der Waals surface area contributed by atoms with Crippen LogP contribution in [-0.2, 0) is 4.74 Å². The fourth-order valence-corrected chi connectivity index (χ4v) is 2.46. The molecule has 0 saturated heterocycles. The zero-order chi connectivity index (χ0) is 17.6. The van der Waals surface area contributed by atoms with Crippen molar-refractivity contribution in [2.75, 3.05) is 12.4 Å². The molecular formula is C21H17NO3. The van der Waals surface area contributed by atoms with E-state index in [-0.39, 0.29) is 5.91 Å². The second kappa shape index (κ2) is 7.45. The maximum Gasteiger partial charge on any atom is 0.337 e. The molecule has 0 unspecified atom stereocenters. The van der Waals surface area contributed by atoms with Crippen LogP contribution in [0, 0.1) is 0 Å². The maximum atomic E-state index is 12.3. The predicted octanol–water partition coefficient (Wildman–Crippen LogP) is 4.39. The van der Waals surface area contributed by atoms with Crippen LogP contribution in [-0.4, -0.2) is 19.0 Å². The van der Waals surface area contributed by atoms with Gasteiger partial charge in [0.2, 0.25) is 0 Å². The Hall–Kier alpha value is -3.40. The van der Waals surface area contributed by atoms with Gasteiger partial charge in [0, 0.05) is 11.3 Å². The van der Waals surface area contributed by atoms with Crippen molar-refractivity contribution in [1.29, 1.82) is 0 Å². The molecule has 0 atom stereocenters. The molecule has 0 aliphatic heterocycles. The molecule has 0 aliphatic carbocycles. The number of esters is 1. The standard InChI is InChI=1S/C21H17NO3/c1-25-21(24)18-9-7-17(8-10-18)20(23)22-19-13-11-16(12-14-19)15-5-3-2-4-6-15/h2-14H,1H3,(H,22,23). The molecule has 0 spiro atoms. The van der Waals surface area contributed by atoms with E-state index in [1.165, 1.54) is 7.11 Å². The van der Waals surface area contributed by atoms with Gasteiger partial charge in [-0.1, -0.05) is 42.5 Å². The molecule has 0 heterocycles. The summed E-state index contributed by atoms with van der Waals surface area (Å²) in [6.07, 6.45) is 0. The Morgan fingerprint density at radius 3 is 1.88 bits per heavy atom. The Balaban J connectivity index is 1.69. The van der Waals surface area contributed by atoms with Crippen LogP contribution in [0.3, 0.4) is 0 Å². The Labute approximate surface area is 146 Å². The fraction of sp³-hybridized carbons (Fsp3) is 0.0476. The number of hydrogen-bond acceptors (Lipinski definition) is 3. The number of anilines is 1. The van der Waals surface area contributed by atoms with Crippen LogP contribution in [0.5, 0.6) is 0 Å². The van der Waals surface area contributed by atoms with E-state index in [1.54, 1.807) is 24.3 Å². The molecule has 3 aromatic carbocycles. The first-order valence-corrected chi connectivity index (χ1v) is 7.82. The van der Waals surface area contributed by atoms with Gasteiger partial charge < -0.3 is 10.1 Å². The molecule has 124 valence electrons. The summed E-state index contributed by atoms with van der Waals surface area (Å²) in [7, 11) is 1.32. The topological polar surface area (TPSA) is 55.4 Å². The van der Waals surface area contributed by atoms with Gasteiger partial charge >= 0.3 is 5.97 Å². The van der Waals surface area contributed by atoms with E-state index in [4.69, 9.17) is 0 Å². The summed E-state index contributed by atoms with van der Waals surface area (Å²) in [6, 6.07) is 24.0. The molecule has 0 saturated carbocycles. The number of benzene rings is 3. The van der Waals surface area contributed by atoms with Crippen molar-refractivity contribution >= 4 is 17.6 Å². The van der Waals surface area contributed by atoms with Crippen molar-refractivity contribution in [3.05, 3.63) is 90.0 Å². The smallest absolute Gasteiger partial charge is 0.337 e. The molecule has 1 N–H and O–H groups in total. The summed E-state index contributed by atoms with van der Waals surface area (Å²) in [5.41, 5.74) is 3.80. The highest BCUT2D eigenvalue weighted by Gasteiger charge is 2.09. The number of amides is 1. The number of rotatable bonds is 4. The zero-order valence-electron chi connectivity index (χ0n) is 13.7. The number of methoxy groups -OCH3 is 1. The quantitative estimate of drug-likeness (QED) is 0.721. The second-order valence-electron chi connectivity index (χ2n) is 5.47. The van der Waals surface area contributed by atoms with Crippen LogP contribution in [0.2, 0.25) is 0 Å². The first-order chi connectivity index (χ1) is 12.2. The van der Waals surface area contributed by atoms with E-state index in [2.05, 4.69) is 10.1 Å². The van der Waals surface area contributed by atoms with Crippen molar-refractivity contribution in [3.8, 4) is 11.1 Å². The summed E-state index contributed by atoms with van der Waals surface area (Å²) >= 11 is 0. The SMILES string of the molecule is COC(=O)c1ccc(C(=O)Nc2ccc(-c3ccccc3)cc2)cc1. The number of nitrogens with one attached hydrogen (secondary N) is 1. The molecule has 25 heavy (non-hydrogen) atoms. The largest absolute Gasteiger partial charge is 0.465 e. The van der Waals surface area contributed by atoms with Crippen molar-refractivity contribution in [2.24, 2.45) is 0 Å². The fourth-order valence-electron chi connectivity index (χ4n) is 2.46. The van der Waals surface area contributed by atoms with Gasteiger partial charge in [0.05, 0.1) is 12.7 Å². The van der Waals surface area contributed by atoms with Crippen LogP contribution in [0.4, 0.5) is 5.69 Å². The maximum absolute atomic E-state index is 12.3. The van der Waals surface area contributed by atoms with Crippen LogP contribution < -0.4 is 5.32 Å². The predicted molar refractivity (Wildman–Crippen MR) is 97.6 cm³/mol. The second-order valence-corrected chi connectivity index (χ2v) is 5.47. The zero-order valence-corrected chi connectivity index (χ0v) is 13.7. The van der Waals surface area contributed by atoms with Crippen LogP contribution in [0.15, 0.2) is 78.9 Å². The molecule has 3 aromatic rings. The molecule has 0 bridgehead atoms. The molecule has 0 fully saturated rings. The van der Waals surface area contributed by atoms with E-state index in [1.807, 2.05) is 54.6 Å². The Kier molecular flexibility index (Phi) is 4.90. The lowest BCUT2D eigenvalue weighted by molar-refractivity contribution is 0.0600. The molecule has 0 aromatic heterocycles. The summed E-state index contributed by atoms with van der Waals surface area (Å²) in [5, 5.41) is 2.84. The minimum Gasteiger partial charge on any atom is -0.465 e. The highest BCUT2D eigenvalue weighted by molar-refractivity contribution is 6.04. The average Bonchev–Trinajstić information content (AvgIpc) is 2.68. The molecule has 1 amide bonds. The van der Waals surface area contributed by atoms with E-state index < -0.39 is 5.97 Å². The minimum atomic E-state index is -0.427. The van der Waals surface area contributed by atoms with Crippen LogP contribution in [0.25, 0.3) is 11.1 Å². The van der Waals surface area contributed by atoms with Crippen molar-refractivity contribution in [3.63, 3.8) is 0 Å². The summed E-state index contributed by atoms with van der Waals surface area (Å²) < 4.78 is 4.64. The van der Waals surface area contributed by atoms with Crippen molar-refractivity contribution < 1.29 is 14.3 Å². The van der Waals surface area contributed by atoms with E-state index >= 15 is 0 Å². The summed E-state index contributed by atoms with van der Waals surface area (Å²) in [6.45, 7) is 0. The number of carbonyl (C=O) groups excluding carboxylic acids is 2. The lowest BCUT2D eigenvalue weighted by Crippen LogP contribution is -2.12. The van der Waals surface area contributed by atoms with Gasteiger partial charge in [-0.25, -0.2) is 4.79 Å². The Morgan fingerprint density at radius 1 is 0.720 bits per heavy atom.